The molecule has 0 saturated heterocycles. The molecular formula is C19H19N5O4. The molecule has 9 heteroatoms. The lowest BCUT2D eigenvalue weighted by atomic mass is 10.1. The highest BCUT2D eigenvalue weighted by Crippen LogP contribution is 2.40. The third-order valence-corrected chi connectivity index (χ3v) is 4.87. The highest BCUT2D eigenvalue weighted by molar-refractivity contribution is 6.13. The molecule has 0 radical (unpaired) electrons. The Morgan fingerprint density at radius 3 is 2.75 bits per heavy atom. The van der Waals surface area contributed by atoms with Gasteiger partial charge in [-0.15, -0.1) is 0 Å². The number of pyridine rings is 1. The zero-order valence-corrected chi connectivity index (χ0v) is 15.7. The van der Waals surface area contributed by atoms with Gasteiger partial charge in [-0.3, -0.25) is 19.6 Å². The Labute approximate surface area is 160 Å². The number of aromatic nitrogens is 3. The zero-order valence-electron chi connectivity index (χ0n) is 15.7. The minimum Gasteiger partial charge on any atom is -0.495 e. The molecule has 0 unspecified atom stereocenters. The smallest absolute Gasteiger partial charge is 0.271 e. The number of carbonyl (C=O) groups is 1. The molecule has 0 bridgehead atoms. The summed E-state index contributed by atoms with van der Waals surface area (Å²) in [5, 5.41) is 18.9. The summed E-state index contributed by atoms with van der Waals surface area (Å²) in [4.78, 5) is 28.4. The largest absolute Gasteiger partial charge is 0.495 e. The second-order valence-electron chi connectivity index (χ2n) is 6.87. The van der Waals surface area contributed by atoms with E-state index in [0.29, 0.717) is 34.0 Å². The minimum absolute atomic E-state index is 0.132. The van der Waals surface area contributed by atoms with Crippen LogP contribution in [0.25, 0.3) is 11.0 Å². The molecule has 144 valence electrons. The van der Waals surface area contributed by atoms with Crippen molar-refractivity contribution < 1.29 is 14.5 Å². The predicted molar refractivity (Wildman–Crippen MR) is 103 cm³/mol. The quantitative estimate of drug-likeness (QED) is 0.536. The van der Waals surface area contributed by atoms with Gasteiger partial charge in [0.1, 0.15) is 5.75 Å². The lowest BCUT2D eigenvalue weighted by Crippen LogP contribution is -2.14. The molecule has 1 amide bonds. The first-order valence-corrected chi connectivity index (χ1v) is 8.87. The van der Waals surface area contributed by atoms with Crippen molar-refractivity contribution in [2.24, 2.45) is 7.05 Å². The number of rotatable bonds is 5. The molecule has 1 fully saturated rings. The van der Waals surface area contributed by atoms with Crippen molar-refractivity contribution in [2.45, 2.75) is 25.7 Å². The summed E-state index contributed by atoms with van der Waals surface area (Å²) in [7, 11) is 3.24. The van der Waals surface area contributed by atoms with Crippen LogP contribution in [0.2, 0.25) is 0 Å². The van der Waals surface area contributed by atoms with Crippen LogP contribution >= 0.6 is 0 Å². The van der Waals surface area contributed by atoms with Crippen molar-refractivity contribution in [1.29, 1.82) is 0 Å². The Bertz CT molecular complexity index is 1120. The molecule has 1 aliphatic carbocycles. The number of methoxy groups -OCH3 is 1. The highest BCUT2D eigenvalue weighted by Gasteiger charge is 2.28. The number of nitrogens with zero attached hydrogens (tertiary/aromatic N) is 4. The lowest BCUT2D eigenvalue weighted by Gasteiger charge is -2.12. The number of fused-ring (bicyclic) bond motifs is 1. The van der Waals surface area contributed by atoms with Gasteiger partial charge < -0.3 is 10.1 Å². The summed E-state index contributed by atoms with van der Waals surface area (Å²) in [6.45, 7) is 1.82. The second-order valence-corrected chi connectivity index (χ2v) is 6.87. The molecule has 1 N–H and O–H groups in total. The SMILES string of the molecule is COc1ccc([N+](=O)[O-])cc1NC(=O)c1cc(C2CC2)nc2c1c(C)nn2C. The van der Waals surface area contributed by atoms with E-state index in [1.54, 1.807) is 17.8 Å². The summed E-state index contributed by atoms with van der Waals surface area (Å²) in [5.41, 5.74) is 2.77. The van der Waals surface area contributed by atoms with Crippen LogP contribution in [0.4, 0.5) is 11.4 Å². The Morgan fingerprint density at radius 2 is 2.11 bits per heavy atom. The number of nitrogens with one attached hydrogen (secondary N) is 1. The monoisotopic (exact) mass is 381 g/mol. The molecule has 2 heterocycles. The van der Waals surface area contributed by atoms with Gasteiger partial charge in [-0.2, -0.15) is 5.10 Å². The van der Waals surface area contributed by atoms with E-state index >= 15 is 0 Å². The number of nitro groups is 1. The van der Waals surface area contributed by atoms with Crippen LogP contribution in [0.3, 0.4) is 0 Å². The topological polar surface area (TPSA) is 112 Å². The van der Waals surface area contributed by atoms with Crippen LogP contribution in [0, 0.1) is 17.0 Å². The van der Waals surface area contributed by atoms with Gasteiger partial charge in [0.2, 0.25) is 0 Å². The van der Waals surface area contributed by atoms with Crippen molar-refractivity contribution in [3.63, 3.8) is 0 Å². The van der Waals surface area contributed by atoms with Crippen LogP contribution < -0.4 is 10.1 Å². The number of carbonyl (C=O) groups excluding carboxylic acids is 1. The Morgan fingerprint density at radius 1 is 1.36 bits per heavy atom. The number of non-ortho nitro benzene ring substituents is 1. The van der Waals surface area contributed by atoms with E-state index in [1.165, 1.54) is 25.3 Å². The molecule has 9 nitrogen and oxygen atoms in total. The molecule has 28 heavy (non-hydrogen) atoms. The number of ether oxygens (including phenoxy) is 1. The van der Waals surface area contributed by atoms with Gasteiger partial charge in [-0.05, 0) is 31.9 Å². The molecule has 1 aliphatic rings. The van der Waals surface area contributed by atoms with Gasteiger partial charge in [0, 0.05) is 30.8 Å². The molecule has 3 aromatic rings. The van der Waals surface area contributed by atoms with Crippen molar-refractivity contribution in [1.82, 2.24) is 14.8 Å². The van der Waals surface area contributed by atoms with Gasteiger partial charge in [-0.25, -0.2) is 4.98 Å². The van der Waals surface area contributed by atoms with Crippen LogP contribution in [0.15, 0.2) is 24.3 Å². The summed E-state index contributed by atoms with van der Waals surface area (Å²) >= 11 is 0. The molecule has 1 saturated carbocycles. The maximum Gasteiger partial charge on any atom is 0.271 e. The van der Waals surface area contributed by atoms with Gasteiger partial charge >= 0.3 is 0 Å². The summed E-state index contributed by atoms with van der Waals surface area (Å²) in [6.07, 6.45) is 2.10. The van der Waals surface area contributed by atoms with Gasteiger partial charge in [0.25, 0.3) is 11.6 Å². The predicted octanol–water partition coefficient (Wildman–Crippen LogP) is 3.32. The fraction of sp³-hybridized carbons (Fsp3) is 0.316. The Balaban J connectivity index is 1.79. The van der Waals surface area contributed by atoms with E-state index in [-0.39, 0.29) is 17.3 Å². The number of nitro benzene ring substituents is 1. The van der Waals surface area contributed by atoms with E-state index in [1.807, 2.05) is 6.92 Å². The lowest BCUT2D eigenvalue weighted by molar-refractivity contribution is -0.384. The number of aryl methyl sites for hydroxylation is 2. The first-order chi connectivity index (χ1) is 13.4. The van der Waals surface area contributed by atoms with E-state index in [0.717, 1.165) is 18.5 Å². The van der Waals surface area contributed by atoms with Crippen molar-refractivity contribution in [3.8, 4) is 5.75 Å². The van der Waals surface area contributed by atoms with Crippen LogP contribution in [0.5, 0.6) is 5.75 Å². The number of benzene rings is 1. The Hall–Kier alpha value is -3.49. The Kier molecular flexibility index (Phi) is 4.21. The zero-order chi connectivity index (χ0) is 20.0. The molecule has 0 aliphatic heterocycles. The number of amides is 1. The average molecular weight is 381 g/mol. The molecule has 0 spiro atoms. The molecule has 4 rings (SSSR count). The molecule has 1 aromatic carbocycles. The fourth-order valence-electron chi connectivity index (χ4n) is 3.33. The van der Waals surface area contributed by atoms with E-state index in [2.05, 4.69) is 15.4 Å². The maximum absolute atomic E-state index is 13.1. The van der Waals surface area contributed by atoms with Crippen LogP contribution in [-0.2, 0) is 7.05 Å². The fourth-order valence-corrected chi connectivity index (χ4v) is 3.33. The highest BCUT2D eigenvalue weighted by atomic mass is 16.6. The van der Waals surface area contributed by atoms with Crippen molar-refractivity contribution in [3.05, 3.63) is 51.3 Å². The second kappa shape index (κ2) is 6.59. The van der Waals surface area contributed by atoms with Crippen LogP contribution in [-0.4, -0.2) is 32.7 Å². The molecule has 2 aromatic heterocycles. The average Bonchev–Trinajstić information content (AvgIpc) is 3.47. The van der Waals surface area contributed by atoms with E-state index in [4.69, 9.17) is 4.74 Å². The van der Waals surface area contributed by atoms with E-state index in [9.17, 15) is 14.9 Å². The summed E-state index contributed by atoms with van der Waals surface area (Å²) in [5.74, 6) is 0.317. The van der Waals surface area contributed by atoms with Gasteiger partial charge in [0.15, 0.2) is 5.65 Å². The summed E-state index contributed by atoms with van der Waals surface area (Å²) < 4.78 is 6.91. The van der Waals surface area contributed by atoms with Crippen LogP contribution in [0.1, 0.15) is 40.5 Å². The standard InChI is InChI=1S/C19H19N5O4/c1-10-17-13(9-14(11-4-5-11)20-18(17)23(2)22-10)19(25)21-15-8-12(24(26)27)6-7-16(15)28-3/h6-9,11H,4-5H2,1-3H3,(H,21,25). The maximum atomic E-state index is 13.1. The van der Waals surface area contributed by atoms with Crippen molar-refractivity contribution >= 4 is 28.3 Å². The number of hydrogen-bond donors (Lipinski definition) is 1. The molecule has 0 atom stereocenters. The van der Waals surface area contributed by atoms with Gasteiger partial charge in [0.05, 0.1) is 34.4 Å². The molecular weight excluding hydrogens is 362 g/mol. The van der Waals surface area contributed by atoms with E-state index < -0.39 is 4.92 Å². The number of anilines is 1. The van der Waals surface area contributed by atoms with Gasteiger partial charge in [-0.1, -0.05) is 0 Å². The summed E-state index contributed by atoms with van der Waals surface area (Å²) in [6, 6.07) is 5.87. The number of hydrogen-bond acceptors (Lipinski definition) is 6. The van der Waals surface area contributed by atoms with Crippen molar-refractivity contribution in [2.75, 3.05) is 12.4 Å². The third kappa shape index (κ3) is 3.04. The first kappa shape index (κ1) is 17.9. The minimum atomic E-state index is -0.518. The normalized spacial score (nSPS) is 13.5. The first-order valence-electron chi connectivity index (χ1n) is 8.87. The third-order valence-electron chi connectivity index (χ3n) is 4.87.